The summed E-state index contributed by atoms with van der Waals surface area (Å²) in [6.07, 6.45) is 0.838. The summed E-state index contributed by atoms with van der Waals surface area (Å²) < 4.78 is 56.1. The van der Waals surface area contributed by atoms with E-state index in [9.17, 15) is 22.4 Å². The lowest BCUT2D eigenvalue weighted by molar-refractivity contribution is -0.141. The van der Waals surface area contributed by atoms with Gasteiger partial charge in [0.05, 0.1) is 28.9 Å². The Kier molecular flexibility index (Phi) is 3.90. The molecule has 158 valence electrons. The predicted molar refractivity (Wildman–Crippen MR) is 101 cm³/mol. The Morgan fingerprint density at radius 1 is 1.13 bits per heavy atom. The summed E-state index contributed by atoms with van der Waals surface area (Å²) in [5.74, 6) is -4.77. The number of fused-ring (bicyclic) bond motifs is 5. The summed E-state index contributed by atoms with van der Waals surface area (Å²) in [5.41, 5.74) is -0.600. The Bertz CT molecular complexity index is 1050. The number of rotatable bonds is 2. The Morgan fingerprint density at radius 2 is 1.83 bits per heavy atom. The zero-order valence-corrected chi connectivity index (χ0v) is 16.7. The number of hydrogen-bond donors (Lipinski definition) is 0. The van der Waals surface area contributed by atoms with Crippen LogP contribution in [0.1, 0.15) is 50.3 Å². The second-order valence-corrected chi connectivity index (χ2v) is 9.18. The zero-order chi connectivity index (χ0) is 21.5. The molecule has 0 radical (unpaired) electrons. The van der Waals surface area contributed by atoms with E-state index in [4.69, 9.17) is 0 Å². The summed E-state index contributed by atoms with van der Waals surface area (Å²) in [5, 5.41) is 8.34. The van der Waals surface area contributed by atoms with E-state index in [0.717, 1.165) is 17.7 Å². The minimum Gasteiger partial charge on any atom is -0.336 e. The molecule has 1 aliphatic heterocycles. The molecule has 0 unspecified atom stereocenters. The van der Waals surface area contributed by atoms with Gasteiger partial charge in [-0.05, 0) is 47.9 Å². The van der Waals surface area contributed by atoms with E-state index in [1.165, 1.54) is 11.0 Å². The minimum absolute atomic E-state index is 0.00954. The molecule has 2 aromatic rings. The first-order chi connectivity index (χ1) is 14.1. The second kappa shape index (κ2) is 6.02. The van der Waals surface area contributed by atoms with Gasteiger partial charge in [0.25, 0.3) is 5.92 Å². The van der Waals surface area contributed by atoms with E-state index < -0.39 is 34.9 Å². The summed E-state index contributed by atoms with van der Waals surface area (Å²) in [6.45, 7) is 3.31. The molecular weight excluding hydrogens is 398 g/mol. The lowest BCUT2D eigenvalue weighted by atomic mass is 9.67. The lowest BCUT2D eigenvalue weighted by Crippen LogP contribution is -2.51. The van der Waals surface area contributed by atoms with Crippen molar-refractivity contribution in [2.45, 2.75) is 50.4 Å². The van der Waals surface area contributed by atoms with Crippen LogP contribution in [-0.4, -0.2) is 40.0 Å². The van der Waals surface area contributed by atoms with Crippen molar-refractivity contribution in [2.75, 3.05) is 13.1 Å². The molecular formula is C22H21F4N3O. The van der Waals surface area contributed by atoms with Gasteiger partial charge in [-0.3, -0.25) is 4.79 Å². The fourth-order valence-electron chi connectivity index (χ4n) is 5.84. The molecule has 5 rings (SSSR count). The van der Waals surface area contributed by atoms with Gasteiger partial charge in [0, 0.05) is 13.0 Å². The molecule has 1 saturated carbocycles. The molecule has 8 heteroatoms. The maximum Gasteiger partial charge on any atom is 0.267 e. The standard InChI is InChI=1S/C22H21F4N3O/c1-20(2)13-6-7-22(20,19(30)29-9-8-21(25,26)11-29)18-12(13)10-16(27-28-18)17-14(23)4-3-5-15(17)24/h3-5,10,13H,6-9,11H2,1-2H3/t13-,22+/m1/s1. The van der Waals surface area contributed by atoms with Crippen molar-refractivity contribution in [3.05, 3.63) is 47.2 Å². The van der Waals surface area contributed by atoms with Crippen molar-refractivity contribution < 1.29 is 22.4 Å². The summed E-state index contributed by atoms with van der Waals surface area (Å²) in [4.78, 5) is 14.8. The molecule has 3 aliphatic rings. The van der Waals surface area contributed by atoms with Gasteiger partial charge in [-0.2, -0.15) is 5.10 Å². The van der Waals surface area contributed by atoms with E-state index in [0.29, 0.717) is 18.5 Å². The largest absolute Gasteiger partial charge is 0.336 e. The van der Waals surface area contributed by atoms with Gasteiger partial charge < -0.3 is 4.90 Å². The SMILES string of the molecule is CC1(C)[C@@H]2CC[C@@]1(C(=O)N1CCC(F)(F)C1)c1nnc(-c3c(F)cccc3F)cc12. The van der Waals surface area contributed by atoms with Gasteiger partial charge in [0.1, 0.15) is 11.6 Å². The van der Waals surface area contributed by atoms with Crippen molar-refractivity contribution in [3.63, 3.8) is 0 Å². The minimum atomic E-state index is -2.88. The zero-order valence-electron chi connectivity index (χ0n) is 16.7. The normalized spacial score (nSPS) is 28.1. The monoisotopic (exact) mass is 419 g/mol. The number of carbonyl (C=O) groups excluding carboxylic acids is 1. The quantitative estimate of drug-likeness (QED) is 0.676. The van der Waals surface area contributed by atoms with Crippen molar-refractivity contribution in [3.8, 4) is 11.3 Å². The third-order valence-electron chi connectivity index (χ3n) is 7.42. The van der Waals surface area contributed by atoms with E-state index in [2.05, 4.69) is 10.2 Å². The number of carbonyl (C=O) groups is 1. The molecule has 0 N–H and O–H groups in total. The molecule has 2 fully saturated rings. The molecule has 30 heavy (non-hydrogen) atoms. The van der Waals surface area contributed by atoms with Crippen molar-refractivity contribution >= 4 is 5.91 Å². The maximum atomic E-state index is 14.3. The fourth-order valence-corrected chi connectivity index (χ4v) is 5.84. The van der Waals surface area contributed by atoms with Gasteiger partial charge in [0.15, 0.2) is 0 Å². The number of alkyl halides is 2. The van der Waals surface area contributed by atoms with Crippen LogP contribution in [0, 0.1) is 17.0 Å². The van der Waals surface area contributed by atoms with E-state index in [1.807, 2.05) is 13.8 Å². The molecule has 1 aromatic heterocycles. The highest BCUT2D eigenvalue weighted by Gasteiger charge is 2.68. The number of amides is 1. The first kappa shape index (κ1) is 19.5. The van der Waals surface area contributed by atoms with E-state index in [-0.39, 0.29) is 36.0 Å². The number of nitrogens with zero attached hydrogens (tertiary/aromatic N) is 3. The Balaban J connectivity index is 1.62. The lowest BCUT2D eigenvalue weighted by Gasteiger charge is -2.39. The van der Waals surface area contributed by atoms with Crippen LogP contribution in [-0.2, 0) is 10.2 Å². The fraction of sp³-hybridized carbons (Fsp3) is 0.500. The van der Waals surface area contributed by atoms with Crippen molar-refractivity contribution in [1.29, 1.82) is 0 Å². The number of likely N-dealkylation sites (tertiary alicyclic amines) is 1. The Hall–Kier alpha value is -2.51. The Morgan fingerprint density at radius 3 is 2.47 bits per heavy atom. The van der Waals surface area contributed by atoms with Crippen molar-refractivity contribution in [2.24, 2.45) is 5.41 Å². The number of hydrogen-bond acceptors (Lipinski definition) is 3. The van der Waals surface area contributed by atoms with Gasteiger partial charge >= 0.3 is 0 Å². The molecule has 1 aromatic carbocycles. The smallest absolute Gasteiger partial charge is 0.267 e. The van der Waals surface area contributed by atoms with Crippen LogP contribution in [0.4, 0.5) is 17.6 Å². The number of halogens is 4. The first-order valence-corrected chi connectivity index (χ1v) is 10.1. The van der Waals surface area contributed by atoms with Gasteiger partial charge in [-0.25, -0.2) is 17.6 Å². The van der Waals surface area contributed by atoms with Crippen LogP contribution in [0.25, 0.3) is 11.3 Å². The molecule has 2 atom stereocenters. The molecule has 2 heterocycles. The third-order valence-corrected chi connectivity index (χ3v) is 7.42. The summed E-state index contributed by atoms with van der Waals surface area (Å²) in [7, 11) is 0. The highest BCUT2D eigenvalue weighted by molar-refractivity contribution is 5.92. The van der Waals surface area contributed by atoms with Crippen molar-refractivity contribution in [1.82, 2.24) is 15.1 Å². The van der Waals surface area contributed by atoms with Crippen LogP contribution in [0.3, 0.4) is 0 Å². The average molecular weight is 419 g/mol. The topological polar surface area (TPSA) is 46.1 Å². The highest BCUT2D eigenvalue weighted by atomic mass is 19.3. The van der Waals surface area contributed by atoms with Gasteiger partial charge in [0.2, 0.25) is 5.91 Å². The molecule has 4 nitrogen and oxygen atoms in total. The number of benzene rings is 1. The average Bonchev–Trinajstić information content (AvgIpc) is 3.24. The molecule has 2 bridgehead atoms. The van der Waals surface area contributed by atoms with Crippen LogP contribution >= 0.6 is 0 Å². The molecule has 1 saturated heterocycles. The highest BCUT2D eigenvalue weighted by Crippen LogP contribution is 2.68. The predicted octanol–water partition coefficient (Wildman–Crippen LogP) is 4.44. The number of aromatic nitrogens is 2. The van der Waals surface area contributed by atoms with E-state index in [1.54, 1.807) is 6.07 Å². The molecule has 1 amide bonds. The van der Waals surface area contributed by atoms with Gasteiger partial charge in [-0.15, -0.1) is 5.10 Å². The summed E-state index contributed by atoms with van der Waals surface area (Å²) in [6, 6.07) is 5.20. The maximum absolute atomic E-state index is 14.3. The van der Waals surface area contributed by atoms with Crippen LogP contribution in [0.15, 0.2) is 24.3 Å². The van der Waals surface area contributed by atoms with Crippen LogP contribution < -0.4 is 0 Å². The third kappa shape index (κ3) is 2.36. The van der Waals surface area contributed by atoms with Crippen LogP contribution in [0.2, 0.25) is 0 Å². The first-order valence-electron chi connectivity index (χ1n) is 10.1. The van der Waals surface area contributed by atoms with Gasteiger partial charge in [-0.1, -0.05) is 19.9 Å². The Labute approximate surface area is 171 Å². The molecule has 0 spiro atoms. The van der Waals surface area contributed by atoms with Crippen LogP contribution in [0.5, 0.6) is 0 Å². The molecule has 2 aliphatic carbocycles. The summed E-state index contributed by atoms with van der Waals surface area (Å²) >= 11 is 0. The second-order valence-electron chi connectivity index (χ2n) is 9.18. The van der Waals surface area contributed by atoms with E-state index >= 15 is 0 Å².